The van der Waals surface area contributed by atoms with E-state index >= 15 is 0 Å². The summed E-state index contributed by atoms with van der Waals surface area (Å²) in [5.41, 5.74) is 0.783. The minimum absolute atomic E-state index is 0.0723. The van der Waals surface area contributed by atoms with Crippen molar-refractivity contribution in [3.8, 4) is 5.75 Å². The number of nitro benzene ring substituents is 1. The molecule has 0 aliphatic rings. The van der Waals surface area contributed by atoms with Crippen LogP contribution in [0.4, 0.5) is 5.69 Å². The zero-order chi connectivity index (χ0) is 15.2. The quantitative estimate of drug-likeness (QED) is 0.352. The van der Waals surface area contributed by atoms with Crippen LogP contribution in [0.3, 0.4) is 0 Å². The van der Waals surface area contributed by atoms with Crippen molar-refractivity contribution in [2.75, 3.05) is 6.61 Å². The van der Waals surface area contributed by atoms with Gasteiger partial charge in [-0.05, 0) is 36.4 Å². The summed E-state index contributed by atoms with van der Waals surface area (Å²) < 4.78 is 5.30. The van der Waals surface area contributed by atoms with Crippen LogP contribution in [0.1, 0.15) is 20.7 Å². The summed E-state index contributed by atoms with van der Waals surface area (Å²) in [4.78, 5) is 32.4. The second kappa shape index (κ2) is 6.42. The Kier molecular flexibility index (Phi) is 4.40. The number of ether oxygens (including phenoxy) is 1. The van der Waals surface area contributed by atoms with Gasteiger partial charge in [-0.3, -0.25) is 19.7 Å². The maximum absolute atomic E-state index is 11.9. The molecule has 0 aliphatic heterocycles. The van der Waals surface area contributed by atoms with Gasteiger partial charge in [0.05, 0.1) is 4.92 Å². The predicted octanol–water partition coefficient (Wildman–Crippen LogP) is 2.67. The standard InChI is InChI=1S/C15H11NO5/c17-9-11-1-7-14(8-2-11)21-10-15(18)12-3-5-13(6-4-12)16(19)20/h1-9H,10H2. The predicted molar refractivity (Wildman–Crippen MR) is 74.8 cm³/mol. The van der Waals surface area contributed by atoms with E-state index in [0.29, 0.717) is 23.2 Å². The summed E-state index contributed by atoms with van der Waals surface area (Å²) in [7, 11) is 0. The lowest BCUT2D eigenvalue weighted by molar-refractivity contribution is -0.384. The molecule has 106 valence electrons. The van der Waals surface area contributed by atoms with Gasteiger partial charge in [0.1, 0.15) is 12.0 Å². The number of hydrogen-bond donors (Lipinski definition) is 0. The number of carbonyl (C=O) groups excluding carboxylic acids is 2. The monoisotopic (exact) mass is 285 g/mol. The minimum atomic E-state index is -0.528. The third-order valence-electron chi connectivity index (χ3n) is 2.79. The molecule has 6 nitrogen and oxygen atoms in total. The largest absolute Gasteiger partial charge is 0.485 e. The topological polar surface area (TPSA) is 86.5 Å². The zero-order valence-electron chi connectivity index (χ0n) is 10.9. The van der Waals surface area contributed by atoms with Gasteiger partial charge < -0.3 is 4.74 Å². The molecule has 0 unspecified atom stereocenters. The van der Waals surface area contributed by atoms with Gasteiger partial charge in [-0.25, -0.2) is 0 Å². The van der Waals surface area contributed by atoms with E-state index in [2.05, 4.69) is 0 Å². The Morgan fingerprint density at radius 3 is 2.24 bits per heavy atom. The summed E-state index contributed by atoms with van der Waals surface area (Å²) in [6.07, 6.45) is 0.714. The van der Waals surface area contributed by atoms with E-state index < -0.39 is 4.92 Å². The first-order valence-electron chi connectivity index (χ1n) is 6.06. The molecule has 2 rings (SSSR count). The third kappa shape index (κ3) is 3.73. The fourth-order valence-corrected chi connectivity index (χ4v) is 1.64. The Bertz CT molecular complexity index is 661. The number of ketones is 1. The molecule has 6 heteroatoms. The number of rotatable bonds is 6. The van der Waals surface area contributed by atoms with Crippen LogP contribution in [0.25, 0.3) is 0 Å². The van der Waals surface area contributed by atoms with Crippen molar-refractivity contribution < 1.29 is 19.2 Å². The van der Waals surface area contributed by atoms with Crippen LogP contribution in [0, 0.1) is 10.1 Å². The van der Waals surface area contributed by atoms with Gasteiger partial charge in [0.25, 0.3) is 5.69 Å². The molecule has 0 amide bonds. The second-order valence-electron chi connectivity index (χ2n) is 4.20. The van der Waals surface area contributed by atoms with Crippen molar-refractivity contribution in [1.82, 2.24) is 0 Å². The van der Waals surface area contributed by atoms with E-state index in [1.807, 2.05) is 0 Å². The van der Waals surface area contributed by atoms with Gasteiger partial charge in [-0.1, -0.05) is 0 Å². The zero-order valence-corrected chi connectivity index (χ0v) is 10.9. The molecule has 0 heterocycles. The molecular weight excluding hydrogens is 274 g/mol. The van der Waals surface area contributed by atoms with Crippen molar-refractivity contribution >= 4 is 17.8 Å². The lowest BCUT2D eigenvalue weighted by Gasteiger charge is -2.05. The molecule has 0 aromatic heterocycles. The molecule has 0 aliphatic carbocycles. The SMILES string of the molecule is O=Cc1ccc(OCC(=O)c2ccc([N+](=O)[O-])cc2)cc1. The number of nitro groups is 1. The Balaban J connectivity index is 1.97. The van der Waals surface area contributed by atoms with Gasteiger partial charge in [0.15, 0.2) is 12.4 Å². The average molecular weight is 285 g/mol. The fraction of sp³-hybridized carbons (Fsp3) is 0.0667. The highest BCUT2D eigenvalue weighted by molar-refractivity contribution is 5.97. The Morgan fingerprint density at radius 1 is 1.10 bits per heavy atom. The number of benzene rings is 2. The molecule has 0 bridgehead atoms. The van der Waals surface area contributed by atoms with Crippen molar-refractivity contribution in [1.29, 1.82) is 0 Å². The van der Waals surface area contributed by atoms with Gasteiger partial charge in [0.2, 0.25) is 0 Å². The van der Waals surface area contributed by atoms with Gasteiger partial charge in [-0.2, -0.15) is 0 Å². The number of aldehydes is 1. The van der Waals surface area contributed by atoms with E-state index in [1.54, 1.807) is 24.3 Å². The van der Waals surface area contributed by atoms with Crippen LogP contribution in [-0.4, -0.2) is 23.6 Å². The van der Waals surface area contributed by atoms with Crippen LogP contribution < -0.4 is 4.74 Å². The summed E-state index contributed by atoms with van der Waals surface area (Å²) in [6.45, 7) is -0.182. The lowest BCUT2D eigenvalue weighted by atomic mass is 10.1. The minimum Gasteiger partial charge on any atom is -0.485 e. The number of hydrogen-bond acceptors (Lipinski definition) is 5. The maximum atomic E-state index is 11.9. The highest BCUT2D eigenvalue weighted by Gasteiger charge is 2.10. The molecule has 0 saturated heterocycles. The summed E-state index contributed by atoms with van der Waals surface area (Å²) in [6, 6.07) is 11.7. The molecular formula is C15H11NO5. The Labute approximate surface area is 120 Å². The van der Waals surface area contributed by atoms with Crippen molar-refractivity contribution in [2.45, 2.75) is 0 Å². The maximum Gasteiger partial charge on any atom is 0.269 e. The highest BCUT2D eigenvalue weighted by atomic mass is 16.6. The van der Waals surface area contributed by atoms with E-state index in [-0.39, 0.29) is 18.1 Å². The molecule has 0 saturated carbocycles. The molecule has 0 atom stereocenters. The summed E-state index contributed by atoms with van der Waals surface area (Å²) in [5, 5.41) is 10.5. The lowest BCUT2D eigenvalue weighted by Crippen LogP contribution is -2.11. The molecule has 0 fully saturated rings. The first-order chi connectivity index (χ1) is 10.1. The van der Waals surface area contributed by atoms with E-state index in [4.69, 9.17) is 4.74 Å². The van der Waals surface area contributed by atoms with Crippen LogP contribution >= 0.6 is 0 Å². The van der Waals surface area contributed by atoms with Crippen LogP contribution in [0.5, 0.6) is 5.75 Å². The normalized spacial score (nSPS) is 9.90. The van der Waals surface area contributed by atoms with Gasteiger partial charge in [0, 0.05) is 23.3 Å². The van der Waals surface area contributed by atoms with Crippen molar-refractivity contribution in [3.05, 3.63) is 69.8 Å². The molecule has 0 N–H and O–H groups in total. The molecule has 21 heavy (non-hydrogen) atoms. The van der Waals surface area contributed by atoms with Gasteiger partial charge >= 0.3 is 0 Å². The fourth-order valence-electron chi connectivity index (χ4n) is 1.64. The summed E-state index contributed by atoms with van der Waals surface area (Å²) >= 11 is 0. The third-order valence-corrected chi connectivity index (χ3v) is 2.79. The van der Waals surface area contributed by atoms with E-state index in [0.717, 1.165) is 0 Å². The van der Waals surface area contributed by atoms with Gasteiger partial charge in [-0.15, -0.1) is 0 Å². The first kappa shape index (κ1) is 14.4. The second-order valence-corrected chi connectivity index (χ2v) is 4.20. The van der Waals surface area contributed by atoms with Crippen LogP contribution in [0.2, 0.25) is 0 Å². The Morgan fingerprint density at radius 2 is 1.71 bits per heavy atom. The van der Waals surface area contributed by atoms with Crippen molar-refractivity contribution in [3.63, 3.8) is 0 Å². The molecule has 0 spiro atoms. The average Bonchev–Trinajstić information content (AvgIpc) is 2.53. The van der Waals surface area contributed by atoms with Crippen LogP contribution in [-0.2, 0) is 0 Å². The summed E-state index contributed by atoms with van der Waals surface area (Å²) in [5.74, 6) is 0.181. The van der Waals surface area contributed by atoms with Crippen LogP contribution in [0.15, 0.2) is 48.5 Å². The molecule has 0 radical (unpaired) electrons. The first-order valence-corrected chi connectivity index (χ1v) is 6.06. The van der Waals surface area contributed by atoms with E-state index in [1.165, 1.54) is 24.3 Å². The smallest absolute Gasteiger partial charge is 0.269 e. The number of Topliss-reactive ketones (excluding diaryl/α,β-unsaturated/α-hetero) is 1. The Hall–Kier alpha value is -3.02. The molecule has 2 aromatic rings. The number of carbonyl (C=O) groups is 2. The number of nitrogens with zero attached hydrogens (tertiary/aromatic N) is 1. The van der Waals surface area contributed by atoms with Crippen molar-refractivity contribution in [2.24, 2.45) is 0 Å². The number of non-ortho nitro benzene ring substituents is 1. The molecule has 2 aromatic carbocycles. The van der Waals surface area contributed by atoms with E-state index in [9.17, 15) is 19.7 Å². The highest BCUT2D eigenvalue weighted by Crippen LogP contribution is 2.14.